The molecule has 3 rings (SSSR count). The fourth-order valence-corrected chi connectivity index (χ4v) is 9.82. The molecule has 2 heterocycles. The van der Waals surface area contributed by atoms with Gasteiger partial charge in [0.25, 0.3) is 0 Å². The maximum atomic E-state index is 3.47. The Balaban J connectivity index is 1.93. The minimum atomic E-state index is -0.454. The van der Waals surface area contributed by atoms with Crippen molar-refractivity contribution >= 4 is 26.7 Å². The number of hydrogen-bond donors (Lipinski definition) is 2. The van der Waals surface area contributed by atoms with Crippen molar-refractivity contribution in [3.05, 3.63) is 72.1 Å². The Labute approximate surface area is 173 Å². The summed E-state index contributed by atoms with van der Waals surface area (Å²) in [5, 5.41) is 0.675. The number of hydrogen-bond acceptors (Lipinski definition) is 0. The van der Waals surface area contributed by atoms with E-state index in [2.05, 4.69) is 100 Å². The van der Waals surface area contributed by atoms with Crippen LogP contribution in [-0.2, 0) is 12.3 Å². The van der Waals surface area contributed by atoms with Crippen LogP contribution in [0, 0.1) is 0 Å². The van der Waals surface area contributed by atoms with Crippen molar-refractivity contribution in [1.29, 1.82) is 0 Å². The first kappa shape index (κ1) is 21.4. The van der Waals surface area contributed by atoms with Gasteiger partial charge in [0, 0.05) is 29.4 Å². The van der Waals surface area contributed by atoms with E-state index in [9.17, 15) is 0 Å². The molecular weight excluding hydrogens is 378 g/mol. The van der Waals surface area contributed by atoms with Gasteiger partial charge < -0.3 is 9.97 Å². The Morgan fingerprint density at radius 2 is 1.11 bits per heavy atom. The van der Waals surface area contributed by atoms with Gasteiger partial charge in [0.1, 0.15) is 0 Å². The van der Waals surface area contributed by atoms with E-state index in [1.807, 2.05) is 12.4 Å². The van der Waals surface area contributed by atoms with Gasteiger partial charge in [0.15, 0.2) is 0 Å². The van der Waals surface area contributed by atoms with E-state index < -0.39 is 7.92 Å². The summed E-state index contributed by atoms with van der Waals surface area (Å²) < 4.78 is 0. The molecule has 2 nitrogen and oxygen atoms in total. The van der Waals surface area contributed by atoms with Crippen molar-refractivity contribution in [3.63, 3.8) is 0 Å². The van der Waals surface area contributed by atoms with E-state index >= 15 is 0 Å². The van der Waals surface area contributed by atoms with Crippen LogP contribution in [0.2, 0.25) is 0 Å². The maximum absolute atomic E-state index is 3.47. The first-order valence-electron chi connectivity index (χ1n) is 10.0. The number of benzene rings is 1. The molecule has 0 radical (unpaired) electrons. The Morgan fingerprint density at radius 1 is 0.643 bits per heavy atom. The van der Waals surface area contributed by atoms with Gasteiger partial charge in [-0.1, -0.05) is 73.7 Å². The lowest BCUT2D eigenvalue weighted by Crippen LogP contribution is -2.26. The van der Waals surface area contributed by atoms with Gasteiger partial charge in [-0.2, -0.15) is 0 Å². The average molecular weight is 412 g/mol. The lowest BCUT2D eigenvalue weighted by atomic mass is 10.1. The van der Waals surface area contributed by atoms with E-state index in [0.29, 0.717) is 10.3 Å². The van der Waals surface area contributed by atoms with Crippen LogP contribution in [0.15, 0.2) is 60.9 Å². The van der Waals surface area contributed by atoms with Gasteiger partial charge in [-0.15, -0.1) is 0 Å². The summed E-state index contributed by atoms with van der Waals surface area (Å²) in [5.74, 6) is 0. The zero-order valence-corrected chi connectivity index (χ0v) is 19.9. The summed E-state index contributed by atoms with van der Waals surface area (Å²) in [6.45, 7) is 14.5. The average Bonchev–Trinajstić information content (AvgIpc) is 3.30. The van der Waals surface area contributed by atoms with Crippen LogP contribution >= 0.6 is 15.8 Å². The highest BCUT2D eigenvalue weighted by Gasteiger charge is 2.34. The van der Waals surface area contributed by atoms with Crippen LogP contribution in [0.5, 0.6) is 0 Å². The van der Waals surface area contributed by atoms with E-state index in [-0.39, 0.29) is 7.92 Å². The molecular formula is C24H34N2P2. The molecule has 0 saturated carbocycles. The minimum absolute atomic E-state index is 0.159. The smallest absolute Gasteiger partial charge is 0.0448 e. The van der Waals surface area contributed by atoms with Gasteiger partial charge in [-0.3, -0.25) is 0 Å². The van der Waals surface area contributed by atoms with E-state index in [1.165, 1.54) is 28.2 Å². The molecule has 2 aromatic heterocycles. The molecule has 0 unspecified atom stereocenters. The molecule has 0 fully saturated rings. The molecule has 0 atom stereocenters. The summed E-state index contributed by atoms with van der Waals surface area (Å²) >= 11 is 0. The quantitative estimate of drug-likeness (QED) is 0.430. The molecule has 0 spiro atoms. The molecule has 4 heteroatoms. The lowest BCUT2D eigenvalue weighted by Gasteiger charge is -2.42. The van der Waals surface area contributed by atoms with Crippen LogP contribution < -0.4 is 10.9 Å². The van der Waals surface area contributed by atoms with Crippen molar-refractivity contribution in [1.82, 2.24) is 9.97 Å². The molecule has 150 valence electrons. The van der Waals surface area contributed by atoms with Crippen LogP contribution in [0.25, 0.3) is 0 Å². The zero-order chi connectivity index (χ0) is 20.4. The minimum Gasteiger partial charge on any atom is -0.361 e. The highest BCUT2D eigenvalue weighted by atomic mass is 31.1. The summed E-state index contributed by atoms with van der Waals surface area (Å²) in [5.41, 5.74) is 5.70. The van der Waals surface area contributed by atoms with Crippen molar-refractivity contribution in [3.8, 4) is 0 Å². The molecule has 0 bridgehead atoms. The normalized spacial score (nSPS) is 12.9. The summed E-state index contributed by atoms with van der Waals surface area (Å²) in [7, 11) is -0.613. The van der Waals surface area contributed by atoms with Crippen molar-refractivity contribution < 1.29 is 0 Å². The number of rotatable bonds is 6. The Kier molecular flexibility index (Phi) is 6.53. The molecule has 0 aliphatic carbocycles. The predicted octanol–water partition coefficient (Wildman–Crippen LogP) is 6.55. The first-order valence-corrected chi connectivity index (χ1v) is 13.1. The second-order valence-corrected chi connectivity index (χ2v) is 15.4. The lowest BCUT2D eigenvalue weighted by molar-refractivity contribution is 0.702. The largest absolute Gasteiger partial charge is 0.361 e. The molecule has 0 saturated heterocycles. The monoisotopic (exact) mass is 412 g/mol. The van der Waals surface area contributed by atoms with Gasteiger partial charge in [-0.25, -0.2) is 0 Å². The third-order valence-corrected chi connectivity index (χ3v) is 11.4. The molecule has 1 aromatic carbocycles. The molecule has 3 aromatic rings. The van der Waals surface area contributed by atoms with Crippen LogP contribution in [-0.4, -0.2) is 20.3 Å². The first-order chi connectivity index (χ1) is 13.2. The third kappa shape index (κ3) is 5.16. The van der Waals surface area contributed by atoms with E-state index in [0.717, 1.165) is 6.16 Å². The van der Waals surface area contributed by atoms with E-state index in [1.54, 1.807) is 0 Å². The second-order valence-electron chi connectivity index (χ2n) is 9.39. The van der Waals surface area contributed by atoms with Gasteiger partial charge in [-0.05, 0) is 59.8 Å². The van der Waals surface area contributed by atoms with E-state index in [4.69, 9.17) is 0 Å². The van der Waals surface area contributed by atoms with Crippen LogP contribution in [0.1, 0.15) is 52.7 Å². The highest BCUT2D eigenvalue weighted by Crippen LogP contribution is 2.61. The SMILES string of the molecule is CC(C)(C)P(Cc1ccccc1CP(c1ccc[nH]1)c1ccc[nH]1)C(C)(C)C. The van der Waals surface area contributed by atoms with Crippen molar-refractivity contribution in [2.24, 2.45) is 0 Å². The molecule has 0 amide bonds. The van der Waals surface area contributed by atoms with Crippen molar-refractivity contribution in [2.45, 2.75) is 64.2 Å². The fourth-order valence-electron chi connectivity index (χ4n) is 3.96. The summed E-state index contributed by atoms with van der Waals surface area (Å²) in [6.07, 6.45) is 6.34. The standard InChI is InChI=1S/C24H34N2P2/c1-23(2,3)28(24(4,5)6)18-20-12-8-7-11-19(20)17-27(21-13-9-15-25-21)22-14-10-16-26-22/h7-16,25-26H,17-18H2,1-6H3. The number of aromatic amines is 2. The molecule has 0 aliphatic heterocycles. The maximum Gasteiger partial charge on any atom is 0.0448 e. The Hall–Kier alpha value is -1.36. The summed E-state index contributed by atoms with van der Waals surface area (Å²) in [6, 6.07) is 17.8. The third-order valence-electron chi connectivity index (χ3n) is 5.14. The Bertz CT molecular complexity index is 805. The van der Waals surface area contributed by atoms with Gasteiger partial charge in [0.05, 0.1) is 0 Å². The van der Waals surface area contributed by atoms with Crippen molar-refractivity contribution in [2.75, 3.05) is 0 Å². The van der Waals surface area contributed by atoms with Gasteiger partial charge in [0.2, 0.25) is 0 Å². The molecule has 2 N–H and O–H groups in total. The highest BCUT2D eigenvalue weighted by molar-refractivity contribution is 7.71. The molecule has 0 aliphatic rings. The zero-order valence-electron chi connectivity index (χ0n) is 18.1. The second kappa shape index (κ2) is 8.56. The van der Waals surface area contributed by atoms with Crippen LogP contribution in [0.4, 0.5) is 0 Å². The fraction of sp³-hybridized carbons (Fsp3) is 0.417. The van der Waals surface area contributed by atoms with Crippen LogP contribution in [0.3, 0.4) is 0 Å². The number of nitrogens with one attached hydrogen (secondary N) is 2. The van der Waals surface area contributed by atoms with Gasteiger partial charge >= 0.3 is 0 Å². The molecule has 28 heavy (non-hydrogen) atoms. The number of aromatic nitrogens is 2. The topological polar surface area (TPSA) is 31.6 Å². The summed E-state index contributed by atoms with van der Waals surface area (Å²) in [4.78, 5) is 6.93. The Morgan fingerprint density at radius 3 is 1.50 bits per heavy atom. The number of H-pyrrole nitrogens is 2. The predicted molar refractivity (Wildman–Crippen MR) is 128 cm³/mol.